The van der Waals surface area contributed by atoms with Gasteiger partial charge >= 0.3 is 0 Å². The number of amides is 1. The SMILES string of the molecule is CC(=O)NCC1CCC(CCO)C1. The van der Waals surface area contributed by atoms with Crippen LogP contribution in [-0.4, -0.2) is 24.2 Å². The minimum Gasteiger partial charge on any atom is -0.396 e. The number of aliphatic hydroxyl groups excluding tert-OH is 1. The van der Waals surface area contributed by atoms with Crippen molar-refractivity contribution in [1.82, 2.24) is 5.32 Å². The lowest BCUT2D eigenvalue weighted by atomic mass is 10.0. The van der Waals surface area contributed by atoms with Gasteiger partial charge in [-0.1, -0.05) is 6.42 Å². The number of aliphatic hydroxyl groups is 1. The maximum Gasteiger partial charge on any atom is 0.216 e. The highest BCUT2D eigenvalue weighted by Gasteiger charge is 2.23. The second-order valence-corrected chi connectivity index (χ2v) is 3.99. The summed E-state index contributed by atoms with van der Waals surface area (Å²) in [4.78, 5) is 10.7. The molecule has 0 aromatic carbocycles. The van der Waals surface area contributed by atoms with E-state index in [4.69, 9.17) is 5.11 Å². The van der Waals surface area contributed by atoms with Crippen LogP contribution in [0.25, 0.3) is 0 Å². The van der Waals surface area contributed by atoms with Crippen molar-refractivity contribution in [1.29, 1.82) is 0 Å². The molecule has 1 amide bonds. The van der Waals surface area contributed by atoms with E-state index in [1.54, 1.807) is 6.92 Å². The van der Waals surface area contributed by atoms with E-state index in [0.717, 1.165) is 13.0 Å². The maximum atomic E-state index is 10.7. The first-order valence-corrected chi connectivity index (χ1v) is 5.07. The number of hydrogen-bond acceptors (Lipinski definition) is 2. The molecule has 1 aliphatic carbocycles. The highest BCUT2D eigenvalue weighted by molar-refractivity contribution is 5.72. The Balaban J connectivity index is 2.13. The van der Waals surface area contributed by atoms with E-state index < -0.39 is 0 Å². The highest BCUT2D eigenvalue weighted by atomic mass is 16.3. The standard InChI is InChI=1S/C10H19NO2/c1-8(13)11-7-10-3-2-9(6-10)4-5-12/h9-10,12H,2-7H2,1H3,(H,11,13). The number of rotatable bonds is 4. The quantitative estimate of drug-likeness (QED) is 0.684. The van der Waals surface area contributed by atoms with E-state index in [-0.39, 0.29) is 5.91 Å². The summed E-state index contributed by atoms with van der Waals surface area (Å²) in [6.07, 6.45) is 4.51. The predicted molar refractivity (Wildman–Crippen MR) is 51.2 cm³/mol. The van der Waals surface area contributed by atoms with Gasteiger partial charge in [-0.15, -0.1) is 0 Å². The van der Waals surface area contributed by atoms with Gasteiger partial charge in [0.15, 0.2) is 0 Å². The van der Waals surface area contributed by atoms with E-state index in [2.05, 4.69) is 5.32 Å². The third-order valence-corrected chi connectivity index (χ3v) is 2.83. The monoisotopic (exact) mass is 185 g/mol. The summed E-state index contributed by atoms with van der Waals surface area (Å²) in [7, 11) is 0. The molecule has 0 bridgehead atoms. The van der Waals surface area contributed by atoms with Gasteiger partial charge in [0.1, 0.15) is 0 Å². The lowest BCUT2D eigenvalue weighted by Crippen LogP contribution is -2.25. The number of carbonyl (C=O) groups excluding carboxylic acids is 1. The third-order valence-electron chi connectivity index (χ3n) is 2.83. The van der Waals surface area contributed by atoms with Gasteiger partial charge in [-0.3, -0.25) is 4.79 Å². The average molecular weight is 185 g/mol. The van der Waals surface area contributed by atoms with E-state index in [1.165, 1.54) is 19.3 Å². The molecule has 0 heterocycles. The molecule has 0 aromatic rings. The predicted octanol–water partition coefficient (Wildman–Crippen LogP) is 0.921. The van der Waals surface area contributed by atoms with Crippen LogP contribution in [-0.2, 0) is 4.79 Å². The Morgan fingerprint density at radius 3 is 2.77 bits per heavy atom. The van der Waals surface area contributed by atoms with E-state index >= 15 is 0 Å². The van der Waals surface area contributed by atoms with Crippen molar-refractivity contribution in [3.63, 3.8) is 0 Å². The summed E-state index contributed by atoms with van der Waals surface area (Å²) < 4.78 is 0. The Labute approximate surface area is 79.5 Å². The van der Waals surface area contributed by atoms with Crippen LogP contribution in [0, 0.1) is 11.8 Å². The average Bonchev–Trinajstić information content (AvgIpc) is 2.50. The molecule has 2 N–H and O–H groups in total. The molecule has 76 valence electrons. The molecule has 0 radical (unpaired) electrons. The zero-order valence-corrected chi connectivity index (χ0v) is 8.25. The summed E-state index contributed by atoms with van der Waals surface area (Å²) in [5.41, 5.74) is 0. The maximum absolute atomic E-state index is 10.7. The topological polar surface area (TPSA) is 49.3 Å². The molecule has 0 saturated heterocycles. The fraction of sp³-hybridized carbons (Fsp3) is 0.900. The molecule has 1 aliphatic rings. The van der Waals surface area contributed by atoms with Crippen LogP contribution < -0.4 is 5.32 Å². The molecule has 3 heteroatoms. The van der Waals surface area contributed by atoms with Crippen LogP contribution in [0.3, 0.4) is 0 Å². The Hall–Kier alpha value is -0.570. The van der Waals surface area contributed by atoms with Crippen LogP contribution in [0.4, 0.5) is 0 Å². The Morgan fingerprint density at radius 2 is 2.15 bits per heavy atom. The molecule has 13 heavy (non-hydrogen) atoms. The zero-order valence-electron chi connectivity index (χ0n) is 8.25. The van der Waals surface area contributed by atoms with Crippen LogP contribution in [0.15, 0.2) is 0 Å². The molecular formula is C10H19NO2. The number of hydrogen-bond donors (Lipinski definition) is 2. The van der Waals surface area contributed by atoms with Crippen molar-refractivity contribution in [2.24, 2.45) is 11.8 Å². The first-order valence-electron chi connectivity index (χ1n) is 5.07. The molecule has 0 aliphatic heterocycles. The van der Waals surface area contributed by atoms with E-state index in [1.807, 2.05) is 0 Å². The summed E-state index contributed by atoms with van der Waals surface area (Å²) in [5.74, 6) is 1.38. The molecule has 2 unspecified atom stereocenters. The van der Waals surface area contributed by atoms with Gasteiger partial charge in [-0.05, 0) is 31.1 Å². The van der Waals surface area contributed by atoms with Gasteiger partial charge in [0.25, 0.3) is 0 Å². The largest absolute Gasteiger partial charge is 0.396 e. The van der Waals surface area contributed by atoms with Crippen molar-refractivity contribution in [3.8, 4) is 0 Å². The fourth-order valence-electron chi connectivity index (χ4n) is 2.10. The first kappa shape index (κ1) is 10.5. The molecule has 1 fully saturated rings. The molecule has 0 aromatic heterocycles. The Kier molecular flexibility index (Phi) is 4.22. The summed E-state index contributed by atoms with van der Waals surface area (Å²) in [6.45, 7) is 2.68. The van der Waals surface area contributed by atoms with E-state index in [0.29, 0.717) is 18.4 Å². The fourth-order valence-corrected chi connectivity index (χ4v) is 2.10. The summed E-state index contributed by atoms with van der Waals surface area (Å²) >= 11 is 0. The van der Waals surface area contributed by atoms with Gasteiger partial charge in [-0.2, -0.15) is 0 Å². The van der Waals surface area contributed by atoms with Gasteiger partial charge in [0.2, 0.25) is 5.91 Å². The van der Waals surface area contributed by atoms with Gasteiger partial charge in [-0.25, -0.2) is 0 Å². The molecule has 1 rings (SSSR count). The van der Waals surface area contributed by atoms with Gasteiger partial charge in [0, 0.05) is 20.1 Å². The van der Waals surface area contributed by atoms with Gasteiger partial charge < -0.3 is 10.4 Å². The normalized spacial score (nSPS) is 27.5. The third kappa shape index (κ3) is 3.77. The van der Waals surface area contributed by atoms with Crippen molar-refractivity contribution < 1.29 is 9.90 Å². The molecule has 1 saturated carbocycles. The van der Waals surface area contributed by atoms with Crippen LogP contribution in [0.5, 0.6) is 0 Å². The second-order valence-electron chi connectivity index (χ2n) is 3.99. The summed E-state index contributed by atoms with van der Waals surface area (Å²) in [6, 6.07) is 0. The molecular weight excluding hydrogens is 166 g/mol. The van der Waals surface area contributed by atoms with Crippen LogP contribution in [0.1, 0.15) is 32.6 Å². The zero-order chi connectivity index (χ0) is 9.68. The lowest BCUT2D eigenvalue weighted by molar-refractivity contribution is -0.119. The Morgan fingerprint density at radius 1 is 1.46 bits per heavy atom. The molecule has 3 nitrogen and oxygen atoms in total. The van der Waals surface area contributed by atoms with Crippen molar-refractivity contribution in [2.75, 3.05) is 13.2 Å². The molecule has 2 atom stereocenters. The second kappa shape index (κ2) is 5.22. The van der Waals surface area contributed by atoms with Crippen molar-refractivity contribution in [2.45, 2.75) is 32.6 Å². The smallest absolute Gasteiger partial charge is 0.216 e. The van der Waals surface area contributed by atoms with Crippen LogP contribution >= 0.6 is 0 Å². The van der Waals surface area contributed by atoms with Crippen molar-refractivity contribution in [3.05, 3.63) is 0 Å². The number of nitrogens with one attached hydrogen (secondary N) is 1. The Bertz CT molecular complexity index is 170. The first-order chi connectivity index (χ1) is 6.22. The summed E-state index contributed by atoms with van der Waals surface area (Å²) in [5, 5.41) is 11.6. The minimum absolute atomic E-state index is 0.0607. The highest BCUT2D eigenvalue weighted by Crippen LogP contribution is 2.32. The molecule has 0 spiro atoms. The van der Waals surface area contributed by atoms with E-state index in [9.17, 15) is 4.79 Å². The minimum atomic E-state index is 0.0607. The van der Waals surface area contributed by atoms with Crippen molar-refractivity contribution >= 4 is 5.91 Å². The lowest BCUT2D eigenvalue weighted by Gasteiger charge is -2.10. The number of carbonyl (C=O) groups is 1. The van der Waals surface area contributed by atoms with Gasteiger partial charge in [0.05, 0.1) is 0 Å². The van der Waals surface area contributed by atoms with Crippen LogP contribution in [0.2, 0.25) is 0 Å².